The van der Waals surface area contributed by atoms with E-state index in [2.05, 4.69) is 15.9 Å². The molecular weight excluding hydrogens is 291 g/mol. The van der Waals surface area contributed by atoms with Crippen LogP contribution in [0, 0.1) is 0 Å². The highest BCUT2D eigenvalue weighted by atomic mass is 79.9. The summed E-state index contributed by atoms with van der Waals surface area (Å²) in [5.41, 5.74) is 6.68. The number of carbonyl (C=O) groups excluding carboxylic acids is 1. The van der Waals surface area contributed by atoms with Crippen LogP contribution in [0.1, 0.15) is 12.0 Å². The quantitative estimate of drug-likeness (QED) is 0.910. The summed E-state index contributed by atoms with van der Waals surface area (Å²) in [7, 11) is 0. The highest BCUT2D eigenvalue weighted by Gasteiger charge is 2.27. The highest BCUT2D eigenvalue weighted by Crippen LogP contribution is 2.24. The average Bonchev–Trinajstić information content (AvgIpc) is 2.51. The Morgan fingerprint density at radius 1 is 1.56 bits per heavy atom. The van der Waals surface area contributed by atoms with Gasteiger partial charge >= 0.3 is 0 Å². The monoisotopic (exact) mass is 302 g/mol. The normalized spacial score (nSPS) is 20.6. The lowest BCUT2D eigenvalue weighted by Crippen LogP contribution is -2.27. The van der Waals surface area contributed by atoms with Crippen molar-refractivity contribution in [3.63, 3.8) is 0 Å². The number of nitrogens with zero attached hydrogens (tertiary/aromatic N) is 1. The predicted octanol–water partition coefficient (Wildman–Crippen LogP) is 2.16. The van der Waals surface area contributed by atoms with E-state index in [1.54, 1.807) is 4.90 Å². The van der Waals surface area contributed by atoms with Crippen molar-refractivity contribution < 1.29 is 4.79 Å². The second-order valence-corrected chi connectivity index (χ2v) is 5.30. The number of halogens is 2. The SMILES string of the molecule is NC1CC(=O)N(Cc2cc(Br)ccc2Cl)C1. The van der Waals surface area contributed by atoms with E-state index in [0.29, 0.717) is 24.5 Å². The average molecular weight is 304 g/mol. The van der Waals surface area contributed by atoms with Gasteiger partial charge in [0.15, 0.2) is 0 Å². The first-order valence-electron chi connectivity index (χ1n) is 5.03. The Labute approximate surface area is 108 Å². The number of benzene rings is 1. The molecule has 1 aromatic rings. The lowest BCUT2D eigenvalue weighted by Gasteiger charge is -2.17. The van der Waals surface area contributed by atoms with Gasteiger partial charge in [0.2, 0.25) is 5.91 Å². The molecule has 0 spiro atoms. The topological polar surface area (TPSA) is 46.3 Å². The second kappa shape index (κ2) is 4.73. The van der Waals surface area contributed by atoms with Crippen molar-refractivity contribution in [1.82, 2.24) is 4.90 Å². The van der Waals surface area contributed by atoms with Crippen molar-refractivity contribution in [3.05, 3.63) is 33.3 Å². The fourth-order valence-electron chi connectivity index (χ4n) is 1.83. The molecule has 1 fully saturated rings. The van der Waals surface area contributed by atoms with Crippen LogP contribution < -0.4 is 5.73 Å². The van der Waals surface area contributed by atoms with Crippen molar-refractivity contribution in [2.24, 2.45) is 5.73 Å². The maximum atomic E-state index is 11.6. The van der Waals surface area contributed by atoms with Gasteiger partial charge in [-0.25, -0.2) is 0 Å². The molecule has 0 bridgehead atoms. The van der Waals surface area contributed by atoms with Gasteiger partial charge in [-0.15, -0.1) is 0 Å². The fourth-order valence-corrected chi connectivity index (χ4v) is 2.41. The first kappa shape index (κ1) is 11.9. The molecule has 1 aliphatic heterocycles. The maximum absolute atomic E-state index is 11.6. The number of carbonyl (C=O) groups is 1. The number of nitrogens with two attached hydrogens (primary N) is 1. The van der Waals surface area contributed by atoms with Crippen LogP contribution in [0.4, 0.5) is 0 Å². The largest absolute Gasteiger partial charge is 0.337 e. The lowest BCUT2D eigenvalue weighted by atomic mass is 10.2. The summed E-state index contributed by atoms with van der Waals surface area (Å²) in [6.45, 7) is 1.15. The Kier molecular flexibility index (Phi) is 3.52. The zero-order chi connectivity index (χ0) is 11.7. The van der Waals surface area contributed by atoms with Crippen LogP contribution in [0.15, 0.2) is 22.7 Å². The minimum Gasteiger partial charge on any atom is -0.337 e. The Morgan fingerprint density at radius 3 is 2.94 bits per heavy atom. The second-order valence-electron chi connectivity index (χ2n) is 3.97. The molecule has 1 heterocycles. The molecule has 3 nitrogen and oxygen atoms in total. The van der Waals surface area contributed by atoms with Gasteiger partial charge in [0.25, 0.3) is 0 Å². The number of hydrogen-bond donors (Lipinski definition) is 1. The van der Waals surface area contributed by atoms with Crippen molar-refractivity contribution >= 4 is 33.4 Å². The van der Waals surface area contributed by atoms with E-state index in [4.69, 9.17) is 17.3 Å². The predicted molar refractivity (Wildman–Crippen MR) is 67.2 cm³/mol. The van der Waals surface area contributed by atoms with Crippen LogP contribution in [0.3, 0.4) is 0 Å². The van der Waals surface area contributed by atoms with Gasteiger partial charge in [0.1, 0.15) is 0 Å². The lowest BCUT2D eigenvalue weighted by molar-refractivity contribution is -0.128. The summed E-state index contributed by atoms with van der Waals surface area (Å²) in [6, 6.07) is 5.59. The van der Waals surface area contributed by atoms with Gasteiger partial charge in [-0.3, -0.25) is 4.79 Å². The molecule has 0 saturated carbocycles. The Bertz CT molecular complexity index is 424. The van der Waals surface area contributed by atoms with E-state index in [1.165, 1.54) is 0 Å². The van der Waals surface area contributed by atoms with Crippen molar-refractivity contribution in [2.75, 3.05) is 6.54 Å². The minimum absolute atomic E-state index is 0.0431. The molecule has 1 aromatic carbocycles. The van der Waals surface area contributed by atoms with Crippen LogP contribution in [-0.2, 0) is 11.3 Å². The molecule has 0 radical (unpaired) electrons. The summed E-state index contributed by atoms with van der Waals surface area (Å²) in [6.07, 6.45) is 0.436. The van der Waals surface area contributed by atoms with Crippen molar-refractivity contribution in [2.45, 2.75) is 19.0 Å². The highest BCUT2D eigenvalue weighted by molar-refractivity contribution is 9.10. The van der Waals surface area contributed by atoms with Crippen LogP contribution in [0.25, 0.3) is 0 Å². The molecular formula is C11H12BrClN2O. The molecule has 2 rings (SSSR count). The third kappa shape index (κ3) is 2.56. The maximum Gasteiger partial charge on any atom is 0.224 e. The van der Waals surface area contributed by atoms with Crippen LogP contribution in [0.5, 0.6) is 0 Å². The standard InChI is InChI=1S/C11H12BrClN2O/c12-8-1-2-10(13)7(3-8)5-15-6-9(14)4-11(15)16/h1-3,9H,4-6,14H2. The minimum atomic E-state index is -0.0431. The molecule has 2 N–H and O–H groups in total. The zero-order valence-corrected chi connectivity index (χ0v) is 11.0. The smallest absolute Gasteiger partial charge is 0.224 e. The summed E-state index contributed by atoms with van der Waals surface area (Å²) in [5.74, 6) is 0.101. The molecule has 1 unspecified atom stereocenters. The molecule has 5 heteroatoms. The van der Waals surface area contributed by atoms with Gasteiger partial charge in [0.05, 0.1) is 0 Å². The molecule has 86 valence electrons. The van der Waals surface area contributed by atoms with Crippen molar-refractivity contribution in [3.8, 4) is 0 Å². The molecule has 16 heavy (non-hydrogen) atoms. The third-order valence-electron chi connectivity index (χ3n) is 2.61. The van der Waals surface area contributed by atoms with E-state index in [-0.39, 0.29) is 11.9 Å². The number of rotatable bonds is 2. The number of amides is 1. The fraction of sp³-hybridized carbons (Fsp3) is 0.364. The first-order chi connectivity index (χ1) is 7.56. The molecule has 1 amide bonds. The van der Waals surface area contributed by atoms with E-state index in [1.807, 2.05) is 18.2 Å². The van der Waals surface area contributed by atoms with Gasteiger partial charge in [-0.2, -0.15) is 0 Å². The van der Waals surface area contributed by atoms with Crippen molar-refractivity contribution in [1.29, 1.82) is 0 Å². The molecule has 1 atom stereocenters. The third-order valence-corrected chi connectivity index (χ3v) is 3.48. The van der Waals surface area contributed by atoms with Gasteiger partial charge in [-0.05, 0) is 23.8 Å². The molecule has 1 saturated heterocycles. The Hall–Kier alpha value is -0.580. The Balaban J connectivity index is 2.15. The summed E-state index contributed by atoms with van der Waals surface area (Å²) < 4.78 is 0.961. The van der Waals surface area contributed by atoms with E-state index >= 15 is 0 Å². The summed E-state index contributed by atoms with van der Waals surface area (Å²) >= 11 is 9.45. The van der Waals surface area contributed by atoms with Crippen LogP contribution >= 0.6 is 27.5 Å². The number of likely N-dealkylation sites (tertiary alicyclic amines) is 1. The number of hydrogen-bond acceptors (Lipinski definition) is 2. The van der Waals surface area contributed by atoms with Gasteiger partial charge < -0.3 is 10.6 Å². The van der Waals surface area contributed by atoms with Crippen LogP contribution in [0.2, 0.25) is 5.02 Å². The summed E-state index contributed by atoms with van der Waals surface area (Å²) in [4.78, 5) is 13.3. The summed E-state index contributed by atoms with van der Waals surface area (Å²) in [5, 5.41) is 0.677. The molecule has 0 aliphatic carbocycles. The molecule has 1 aliphatic rings. The van der Waals surface area contributed by atoms with Crippen LogP contribution in [-0.4, -0.2) is 23.4 Å². The van der Waals surface area contributed by atoms with Gasteiger partial charge in [0, 0.05) is 35.0 Å². The Morgan fingerprint density at radius 2 is 2.31 bits per heavy atom. The van der Waals surface area contributed by atoms with Gasteiger partial charge in [-0.1, -0.05) is 27.5 Å². The van der Waals surface area contributed by atoms with E-state index in [9.17, 15) is 4.79 Å². The van der Waals surface area contributed by atoms with E-state index in [0.717, 1.165) is 10.0 Å². The van der Waals surface area contributed by atoms with E-state index < -0.39 is 0 Å². The molecule has 0 aromatic heterocycles. The first-order valence-corrected chi connectivity index (χ1v) is 6.20. The zero-order valence-electron chi connectivity index (χ0n) is 8.62.